The van der Waals surface area contributed by atoms with Gasteiger partial charge in [0, 0.05) is 10.0 Å². The van der Waals surface area contributed by atoms with Crippen molar-refractivity contribution in [3.8, 4) is 5.75 Å². The van der Waals surface area contributed by atoms with Gasteiger partial charge in [0.2, 0.25) is 10.0 Å². The minimum atomic E-state index is -3.48. The quantitative estimate of drug-likeness (QED) is 0.337. The molecule has 3 rings (SSSR count). The van der Waals surface area contributed by atoms with Gasteiger partial charge in [-0.05, 0) is 60.0 Å². The molecule has 3 aromatic rings. The highest BCUT2D eigenvalue weighted by Gasteiger charge is 2.18. The highest BCUT2D eigenvalue weighted by molar-refractivity contribution is 9.10. The van der Waals surface area contributed by atoms with Gasteiger partial charge in [0.15, 0.2) is 0 Å². The van der Waals surface area contributed by atoms with E-state index in [4.69, 9.17) is 4.74 Å². The molecule has 8 heteroatoms. The molecule has 34 heavy (non-hydrogen) atoms. The monoisotopic (exact) mass is 544 g/mol. The van der Waals surface area contributed by atoms with Crippen molar-refractivity contribution in [2.45, 2.75) is 26.3 Å². The van der Waals surface area contributed by atoms with Crippen LogP contribution in [0.4, 0.5) is 5.69 Å². The second-order valence-electron chi connectivity index (χ2n) is 7.94. The first-order valence-corrected chi connectivity index (χ1v) is 13.7. The molecule has 0 fully saturated rings. The molecular weight excluding hydrogens is 516 g/mol. The first-order chi connectivity index (χ1) is 16.3. The van der Waals surface area contributed by atoms with Gasteiger partial charge in [0.25, 0.3) is 5.91 Å². The Bertz CT molecular complexity index is 1200. The zero-order valence-electron chi connectivity index (χ0n) is 19.3. The van der Waals surface area contributed by atoms with E-state index in [1.54, 1.807) is 42.5 Å². The molecule has 0 bridgehead atoms. The number of carbonyl (C=O) groups is 1. The fourth-order valence-electron chi connectivity index (χ4n) is 3.44. The molecular formula is C26H29BrN2O4S. The summed E-state index contributed by atoms with van der Waals surface area (Å²) in [5, 5.41) is 2.84. The van der Waals surface area contributed by atoms with Crippen LogP contribution in [-0.2, 0) is 23.0 Å². The molecule has 0 atom stereocenters. The molecule has 180 valence electrons. The lowest BCUT2D eigenvalue weighted by atomic mass is 10.1. The zero-order valence-corrected chi connectivity index (χ0v) is 21.7. The maximum atomic E-state index is 12.4. The van der Waals surface area contributed by atoms with Gasteiger partial charge >= 0.3 is 0 Å². The van der Waals surface area contributed by atoms with Gasteiger partial charge in [-0.25, -0.2) is 8.42 Å². The number of benzene rings is 3. The summed E-state index contributed by atoms with van der Waals surface area (Å²) >= 11 is 3.38. The number of aryl methyl sites for hydroxylation is 1. The Kier molecular flexibility index (Phi) is 9.12. The van der Waals surface area contributed by atoms with Crippen LogP contribution in [0.25, 0.3) is 0 Å². The van der Waals surface area contributed by atoms with Crippen molar-refractivity contribution in [3.63, 3.8) is 0 Å². The summed E-state index contributed by atoms with van der Waals surface area (Å²) in [7, 11) is -3.48. The van der Waals surface area contributed by atoms with Crippen molar-refractivity contribution in [1.29, 1.82) is 0 Å². The summed E-state index contributed by atoms with van der Waals surface area (Å²) in [6.45, 7) is 3.06. The molecule has 3 aromatic carbocycles. The lowest BCUT2D eigenvalue weighted by Crippen LogP contribution is -2.29. The molecule has 0 unspecified atom stereocenters. The lowest BCUT2D eigenvalue weighted by molar-refractivity contribution is 0.0947. The van der Waals surface area contributed by atoms with Crippen molar-refractivity contribution in [3.05, 3.63) is 94.0 Å². The number of hydrogen-bond donors (Lipinski definition) is 1. The largest absolute Gasteiger partial charge is 0.492 e. The average Bonchev–Trinajstić information content (AvgIpc) is 2.81. The smallest absolute Gasteiger partial charge is 0.251 e. The van der Waals surface area contributed by atoms with Gasteiger partial charge in [-0.1, -0.05) is 59.6 Å². The van der Waals surface area contributed by atoms with Gasteiger partial charge in [-0.15, -0.1) is 0 Å². The van der Waals surface area contributed by atoms with E-state index in [0.29, 0.717) is 24.4 Å². The number of nitrogens with zero attached hydrogens (tertiary/aromatic N) is 1. The second kappa shape index (κ2) is 12.0. The highest BCUT2D eigenvalue weighted by atomic mass is 79.9. The van der Waals surface area contributed by atoms with Crippen LogP contribution in [-0.4, -0.2) is 33.7 Å². The van der Waals surface area contributed by atoms with E-state index in [1.807, 2.05) is 18.2 Å². The molecule has 0 aliphatic rings. The molecule has 0 aromatic heterocycles. The lowest BCUT2D eigenvalue weighted by Gasteiger charge is -2.23. The molecule has 0 heterocycles. The number of hydrogen-bond acceptors (Lipinski definition) is 4. The molecule has 6 nitrogen and oxygen atoms in total. The normalized spacial score (nSPS) is 11.1. The third-order valence-corrected chi connectivity index (χ3v) is 6.79. The molecule has 1 amide bonds. The Morgan fingerprint density at radius 3 is 2.29 bits per heavy atom. The van der Waals surface area contributed by atoms with Crippen LogP contribution in [0.2, 0.25) is 0 Å². The predicted octanol–water partition coefficient (Wildman–Crippen LogP) is 5.18. The minimum Gasteiger partial charge on any atom is -0.492 e. The van der Waals surface area contributed by atoms with Crippen LogP contribution in [0.15, 0.2) is 77.3 Å². The number of sulfonamides is 1. The van der Waals surface area contributed by atoms with E-state index < -0.39 is 10.0 Å². The van der Waals surface area contributed by atoms with E-state index in [0.717, 1.165) is 28.6 Å². The van der Waals surface area contributed by atoms with Crippen LogP contribution < -0.4 is 14.4 Å². The van der Waals surface area contributed by atoms with Gasteiger partial charge in [-0.3, -0.25) is 9.10 Å². The van der Waals surface area contributed by atoms with Crippen molar-refractivity contribution in [1.82, 2.24) is 5.32 Å². The van der Waals surface area contributed by atoms with E-state index in [2.05, 4.69) is 40.3 Å². The summed E-state index contributed by atoms with van der Waals surface area (Å²) in [5.74, 6) is 0.569. The number of halogens is 1. The SMILES string of the molecule is CCCc1ccc(OCCNC(=O)c2ccc(CN(c3cccc(Br)c3)S(C)(=O)=O)cc2)cc1. The van der Waals surface area contributed by atoms with Gasteiger partial charge in [0.1, 0.15) is 12.4 Å². The first kappa shape index (κ1) is 25.8. The van der Waals surface area contributed by atoms with Crippen LogP contribution in [0.1, 0.15) is 34.8 Å². The number of anilines is 1. The molecule has 0 spiro atoms. The van der Waals surface area contributed by atoms with E-state index in [1.165, 1.54) is 16.1 Å². The number of carbonyl (C=O) groups excluding carboxylic acids is 1. The second-order valence-corrected chi connectivity index (χ2v) is 10.8. The van der Waals surface area contributed by atoms with Gasteiger partial charge in [0.05, 0.1) is 25.0 Å². The molecule has 0 saturated heterocycles. The third kappa shape index (κ3) is 7.60. The summed E-state index contributed by atoms with van der Waals surface area (Å²) < 4.78 is 32.5. The maximum absolute atomic E-state index is 12.4. The van der Waals surface area contributed by atoms with E-state index in [-0.39, 0.29) is 12.5 Å². The Morgan fingerprint density at radius 2 is 1.68 bits per heavy atom. The maximum Gasteiger partial charge on any atom is 0.251 e. The van der Waals surface area contributed by atoms with Crippen LogP contribution in [0.5, 0.6) is 5.75 Å². The van der Waals surface area contributed by atoms with E-state index >= 15 is 0 Å². The summed E-state index contributed by atoms with van der Waals surface area (Å²) in [5.41, 5.74) is 3.12. The van der Waals surface area contributed by atoms with Crippen LogP contribution in [0.3, 0.4) is 0 Å². The molecule has 0 aliphatic carbocycles. The highest BCUT2D eigenvalue weighted by Crippen LogP contribution is 2.24. The van der Waals surface area contributed by atoms with Crippen molar-refractivity contribution < 1.29 is 17.9 Å². The van der Waals surface area contributed by atoms with Gasteiger partial charge in [-0.2, -0.15) is 0 Å². The van der Waals surface area contributed by atoms with Gasteiger partial charge < -0.3 is 10.1 Å². The molecule has 1 N–H and O–H groups in total. The fourth-order valence-corrected chi connectivity index (χ4v) is 4.70. The number of nitrogens with one attached hydrogen (secondary N) is 1. The Labute approximate surface area is 210 Å². The topological polar surface area (TPSA) is 75.7 Å². The zero-order chi connectivity index (χ0) is 24.6. The first-order valence-electron chi connectivity index (χ1n) is 11.1. The standard InChI is InChI=1S/C26H29BrN2O4S/c1-3-5-20-10-14-25(15-11-20)33-17-16-28-26(30)22-12-8-21(9-13-22)19-29(34(2,31)32)24-7-4-6-23(27)18-24/h4,6-15,18H,3,5,16-17,19H2,1-2H3,(H,28,30). The summed E-state index contributed by atoms with van der Waals surface area (Å²) in [6, 6.07) is 22.0. The minimum absolute atomic E-state index is 0.169. The summed E-state index contributed by atoms with van der Waals surface area (Å²) in [6.07, 6.45) is 3.33. The number of rotatable bonds is 11. The Balaban J connectivity index is 1.53. The number of ether oxygens (including phenoxy) is 1. The van der Waals surface area contributed by atoms with Crippen LogP contribution in [0, 0.1) is 0 Å². The summed E-state index contributed by atoms with van der Waals surface area (Å²) in [4.78, 5) is 12.4. The van der Waals surface area contributed by atoms with Crippen LogP contribution >= 0.6 is 15.9 Å². The van der Waals surface area contributed by atoms with Crippen molar-refractivity contribution in [2.24, 2.45) is 0 Å². The van der Waals surface area contributed by atoms with Crippen molar-refractivity contribution in [2.75, 3.05) is 23.7 Å². The molecule has 0 aliphatic heterocycles. The third-order valence-electron chi connectivity index (χ3n) is 5.16. The number of amides is 1. The Hall–Kier alpha value is -2.84. The van der Waals surface area contributed by atoms with Crippen molar-refractivity contribution >= 4 is 37.5 Å². The fraction of sp³-hybridized carbons (Fsp3) is 0.269. The average molecular weight is 545 g/mol. The molecule has 0 radical (unpaired) electrons. The predicted molar refractivity (Wildman–Crippen MR) is 140 cm³/mol. The molecule has 0 saturated carbocycles. The Morgan fingerprint density at radius 1 is 1.00 bits per heavy atom. The van der Waals surface area contributed by atoms with E-state index in [9.17, 15) is 13.2 Å².